The molecule has 1 aromatic rings. The summed E-state index contributed by atoms with van der Waals surface area (Å²) < 4.78 is 0. The minimum atomic E-state index is -1.18. The van der Waals surface area contributed by atoms with Crippen LogP contribution in [0.5, 0.6) is 0 Å². The molecule has 2 nitrogen and oxygen atoms in total. The average Bonchev–Trinajstić information content (AvgIpc) is 2.09. The van der Waals surface area contributed by atoms with Gasteiger partial charge < -0.3 is 5.11 Å². The summed E-state index contributed by atoms with van der Waals surface area (Å²) in [5.41, 5.74) is 7.57. The number of aliphatic hydroxyl groups is 1. The molecular weight excluding hydrogens is 162 g/mol. The third-order valence-corrected chi connectivity index (χ3v) is 2.40. The highest BCUT2D eigenvalue weighted by Crippen LogP contribution is 2.23. The standard InChI is InChI=1S/C11H17NO/c1-4-11(12,13)10-7-8(2)5-6-9(10)3/h5-7,13H,4,12H2,1-3H3. The lowest BCUT2D eigenvalue weighted by molar-refractivity contribution is 0.0388. The Kier molecular flexibility index (Phi) is 2.74. The predicted molar refractivity (Wildman–Crippen MR) is 54.3 cm³/mol. The summed E-state index contributed by atoms with van der Waals surface area (Å²) in [7, 11) is 0. The second kappa shape index (κ2) is 3.48. The van der Waals surface area contributed by atoms with Gasteiger partial charge in [0.15, 0.2) is 0 Å². The molecule has 0 bridgehead atoms. The molecule has 1 atom stereocenters. The molecular formula is C11H17NO. The Morgan fingerprint density at radius 1 is 1.38 bits per heavy atom. The van der Waals surface area contributed by atoms with Crippen LogP contribution in [0.1, 0.15) is 30.0 Å². The lowest BCUT2D eigenvalue weighted by atomic mass is 9.95. The van der Waals surface area contributed by atoms with Crippen molar-refractivity contribution < 1.29 is 5.11 Å². The molecule has 13 heavy (non-hydrogen) atoms. The molecule has 0 saturated heterocycles. The molecule has 0 fully saturated rings. The summed E-state index contributed by atoms with van der Waals surface area (Å²) >= 11 is 0. The van der Waals surface area contributed by atoms with Gasteiger partial charge in [-0.1, -0.05) is 30.7 Å². The molecule has 1 unspecified atom stereocenters. The van der Waals surface area contributed by atoms with Gasteiger partial charge >= 0.3 is 0 Å². The largest absolute Gasteiger partial charge is 0.372 e. The van der Waals surface area contributed by atoms with Crippen molar-refractivity contribution in [2.75, 3.05) is 0 Å². The number of hydrogen-bond acceptors (Lipinski definition) is 2. The second-order valence-electron chi connectivity index (χ2n) is 3.60. The van der Waals surface area contributed by atoms with Gasteiger partial charge in [-0.05, 0) is 25.8 Å². The first-order valence-electron chi connectivity index (χ1n) is 4.56. The van der Waals surface area contributed by atoms with E-state index in [2.05, 4.69) is 0 Å². The van der Waals surface area contributed by atoms with Crippen LogP contribution in [0.15, 0.2) is 18.2 Å². The molecule has 0 aliphatic rings. The second-order valence-corrected chi connectivity index (χ2v) is 3.60. The zero-order chi connectivity index (χ0) is 10.1. The van der Waals surface area contributed by atoms with Crippen molar-refractivity contribution in [3.05, 3.63) is 34.9 Å². The average molecular weight is 179 g/mol. The normalized spacial score (nSPS) is 15.5. The molecule has 1 aromatic carbocycles. The predicted octanol–water partition coefficient (Wildman–Crippen LogP) is 1.82. The number of benzene rings is 1. The maximum Gasteiger partial charge on any atom is 0.139 e. The fraction of sp³-hybridized carbons (Fsp3) is 0.455. The molecule has 0 heterocycles. The van der Waals surface area contributed by atoms with Gasteiger partial charge in [-0.2, -0.15) is 0 Å². The highest BCUT2D eigenvalue weighted by Gasteiger charge is 2.22. The van der Waals surface area contributed by atoms with E-state index in [1.54, 1.807) is 0 Å². The van der Waals surface area contributed by atoms with Crippen LogP contribution >= 0.6 is 0 Å². The molecule has 0 aromatic heterocycles. The van der Waals surface area contributed by atoms with Gasteiger partial charge in [-0.15, -0.1) is 0 Å². The maximum atomic E-state index is 9.88. The minimum absolute atomic E-state index is 0.525. The van der Waals surface area contributed by atoms with E-state index >= 15 is 0 Å². The van der Waals surface area contributed by atoms with Gasteiger partial charge in [0.25, 0.3) is 0 Å². The van der Waals surface area contributed by atoms with Crippen molar-refractivity contribution in [3.8, 4) is 0 Å². The zero-order valence-electron chi connectivity index (χ0n) is 8.46. The highest BCUT2D eigenvalue weighted by atomic mass is 16.3. The molecule has 72 valence electrons. The minimum Gasteiger partial charge on any atom is -0.372 e. The Labute approximate surface area is 79.4 Å². The Balaban J connectivity index is 3.20. The van der Waals surface area contributed by atoms with Crippen molar-refractivity contribution in [2.45, 2.75) is 32.9 Å². The molecule has 0 saturated carbocycles. The lowest BCUT2D eigenvalue weighted by Gasteiger charge is -2.24. The topological polar surface area (TPSA) is 46.2 Å². The number of aryl methyl sites for hydroxylation is 2. The van der Waals surface area contributed by atoms with Crippen LogP contribution in [0.25, 0.3) is 0 Å². The van der Waals surface area contributed by atoms with Gasteiger partial charge in [0.05, 0.1) is 0 Å². The first kappa shape index (κ1) is 10.2. The van der Waals surface area contributed by atoms with Gasteiger partial charge in [-0.3, -0.25) is 5.73 Å². The number of nitrogens with two attached hydrogens (primary N) is 1. The highest BCUT2D eigenvalue weighted by molar-refractivity contribution is 5.34. The van der Waals surface area contributed by atoms with Crippen molar-refractivity contribution in [1.82, 2.24) is 0 Å². The third-order valence-electron chi connectivity index (χ3n) is 2.40. The van der Waals surface area contributed by atoms with Crippen LogP contribution < -0.4 is 5.73 Å². The third kappa shape index (κ3) is 2.08. The number of rotatable bonds is 2. The van der Waals surface area contributed by atoms with E-state index in [0.717, 1.165) is 16.7 Å². The quantitative estimate of drug-likeness (QED) is 0.680. The van der Waals surface area contributed by atoms with E-state index < -0.39 is 5.72 Å². The molecule has 0 radical (unpaired) electrons. The van der Waals surface area contributed by atoms with E-state index in [4.69, 9.17) is 5.73 Å². The summed E-state index contributed by atoms with van der Waals surface area (Å²) in [4.78, 5) is 0. The van der Waals surface area contributed by atoms with E-state index in [0.29, 0.717) is 6.42 Å². The first-order valence-corrected chi connectivity index (χ1v) is 4.56. The Morgan fingerprint density at radius 2 is 2.00 bits per heavy atom. The van der Waals surface area contributed by atoms with Crippen molar-refractivity contribution in [1.29, 1.82) is 0 Å². The summed E-state index contributed by atoms with van der Waals surface area (Å²) in [5, 5.41) is 9.88. The first-order chi connectivity index (χ1) is 5.97. The fourth-order valence-corrected chi connectivity index (χ4v) is 1.39. The van der Waals surface area contributed by atoms with Gasteiger partial charge in [0.1, 0.15) is 5.72 Å². The van der Waals surface area contributed by atoms with Crippen LogP contribution in [-0.2, 0) is 5.72 Å². The summed E-state index contributed by atoms with van der Waals surface area (Å²) in [6.07, 6.45) is 0.525. The molecule has 0 amide bonds. The monoisotopic (exact) mass is 179 g/mol. The van der Waals surface area contributed by atoms with E-state index in [1.807, 2.05) is 39.0 Å². The summed E-state index contributed by atoms with van der Waals surface area (Å²) in [6.45, 7) is 5.83. The molecule has 0 aliphatic heterocycles. The van der Waals surface area contributed by atoms with Crippen LogP contribution in [-0.4, -0.2) is 5.11 Å². The maximum absolute atomic E-state index is 9.88. The van der Waals surface area contributed by atoms with Gasteiger partial charge in [0, 0.05) is 5.56 Å². The Morgan fingerprint density at radius 3 is 2.54 bits per heavy atom. The molecule has 2 heteroatoms. The van der Waals surface area contributed by atoms with E-state index in [-0.39, 0.29) is 0 Å². The van der Waals surface area contributed by atoms with Crippen LogP contribution in [0.3, 0.4) is 0 Å². The van der Waals surface area contributed by atoms with Crippen LogP contribution in [0.4, 0.5) is 0 Å². The molecule has 0 spiro atoms. The zero-order valence-corrected chi connectivity index (χ0v) is 8.46. The fourth-order valence-electron chi connectivity index (χ4n) is 1.39. The summed E-state index contributed by atoms with van der Waals surface area (Å²) in [5.74, 6) is 0. The molecule has 3 N–H and O–H groups in total. The Hall–Kier alpha value is -0.860. The SMILES string of the molecule is CCC(N)(O)c1cc(C)ccc1C. The van der Waals surface area contributed by atoms with Crippen LogP contribution in [0.2, 0.25) is 0 Å². The Bertz CT molecular complexity index is 305. The van der Waals surface area contributed by atoms with E-state index in [1.165, 1.54) is 0 Å². The van der Waals surface area contributed by atoms with Crippen molar-refractivity contribution in [2.24, 2.45) is 5.73 Å². The smallest absolute Gasteiger partial charge is 0.139 e. The van der Waals surface area contributed by atoms with Crippen molar-refractivity contribution in [3.63, 3.8) is 0 Å². The molecule has 0 aliphatic carbocycles. The van der Waals surface area contributed by atoms with E-state index in [9.17, 15) is 5.11 Å². The van der Waals surface area contributed by atoms with Crippen molar-refractivity contribution >= 4 is 0 Å². The molecule has 1 rings (SSSR count). The lowest BCUT2D eigenvalue weighted by Crippen LogP contribution is -2.36. The van der Waals surface area contributed by atoms with Gasteiger partial charge in [-0.25, -0.2) is 0 Å². The van der Waals surface area contributed by atoms with Crippen LogP contribution in [0, 0.1) is 13.8 Å². The van der Waals surface area contributed by atoms with Gasteiger partial charge in [0.2, 0.25) is 0 Å². The summed E-state index contributed by atoms with van der Waals surface area (Å²) in [6, 6.07) is 5.95. The number of hydrogen-bond donors (Lipinski definition) is 2.